The molecule has 2 atom stereocenters. The maximum absolute atomic E-state index is 14.9. The lowest BCUT2D eigenvalue weighted by atomic mass is 10.1. The minimum Gasteiger partial charge on any atom is -0.443 e. The molecule has 0 aliphatic rings. The van der Waals surface area contributed by atoms with E-state index >= 15 is 0 Å². The zero-order chi connectivity index (χ0) is 40.7. The first-order chi connectivity index (χ1) is 26.6. The second-order valence-corrected chi connectivity index (χ2v) is 17.9. The molecule has 0 bridgehead atoms. The van der Waals surface area contributed by atoms with Crippen LogP contribution >= 0.6 is 21.6 Å². The number of nitrogens with two attached hydrogens (primary N) is 1. The molecule has 56 heavy (non-hydrogen) atoms. The molecule has 0 aromatic heterocycles. The number of amides is 4. The maximum atomic E-state index is 14.9. The number of benzene rings is 4. The normalized spacial score (nSPS) is 12.6. The van der Waals surface area contributed by atoms with Crippen LogP contribution in [0.3, 0.4) is 0 Å². The van der Waals surface area contributed by atoms with Gasteiger partial charge in [-0.3, -0.25) is 9.59 Å². The molecule has 0 heterocycles. The Labute approximate surface area is 339 Å². The van der Waals surface area contributed by atoms with Crippen molar-refractivity contribution in [2.45, 2.75) is 91.0 Å². The molecular formula is C44H54N4O6S2. The Morgan fingerprint density at radius 2 is 0.821 bits per heavy atom. The van der Waals surface area contributed by atoms with Crippen molar-refractivity contribution in [3.05, 3.63) is 144 Å². The van der Waals surface area contributed by atoms with E-state index in [0.29, 0.717) is 13.1 Å². The van der Waals surface area contributed by atoms with Gasteiger partial charge in [-0.1, -0.05) is 143 Å². The number of hydrogen-bond donors (Lipinski definition) is 1. The van der Waals surface area contributed by atoms with Gasteiger partial charge in [0.2, 0.25) is 11.8 Å². The number of imide groups is 1. The van der Waals surface area contributed by atoms with Gasteiger partial charge in [0.05, 0.1) is 6.04 Å². The standard InChI is InChI=1S/C44H54N4O6S2/c1-43(2,3)53-41(51)48(42(52)54-44(4,5)6)38(40(50)47(29-35-23-15-9-16-24-35)30-36-25-17-10-18-26-36)32-56-55-31-37(45)39(49)46(27-33-19-11-7-12-20-33)28-34-21-13-8-14-22-34/h7-26,37-38H,27-32,45H2,1-6H3/t37?,38-/m0/s1. The van der Waals surface area contributed by atoms with Crippen LogP contribution in [0.1, 0.15) is 63.8 Å². The molecule has 10 nitrogen and oxygen atoms in total. The number of rotatable bonds is 16. The van der Waals surface area contributed by atoms with Crippen LogP contribution in [0.5, 0.6) is 0 Å². The first-order valence-corrected chi connectivity index (χ1v) is 21.1. The molecule has 4 aromatic rings. The summed E-state index contributed by atoms with van der Waals surface area (Å²) in [7, 11) is 2.54. The molecule has 4 amide bonds. The monoisotopic (exact) mass is 798 g/mol. The van der Waals surface area contributed by atoms with Gasteiger partial charge in [0.15, 0.2) is 0 Å². The summed E-state index contributed by atoms with van der Waals surface area (Å²) in [4.78, 5) is 60.7. The average molecular weight is 799 g/mol. The van der Waals surface area contributed by atoms with Gasteiger partial charge in [0.25, 0.3) is 0 Å². The predicted molar refractivity (Wildman–Crippen MR) is 225 cm³/mol. The maximum Gasteiger partial charge on any atom is 0.420 e. The number of carbonyl (C=O) groups excluding carboxylic acids is 4. The van der Waals surface area contributed by atoms with Gasteiger partial charge in [0.1, 0.15) is 17.2 Å². The summed E-state index contributed by atoms with van der Waals surface area (Å²) in [6.45, 7) is 11.3. The number of nitrogens with zero attached hydrogens (tertiary/aromatic N) is 3. The van der Waals surface area contributed by atoms with Crippen molar-refractivity contribution in [1.82, 2.24) is 14.7 Å². The van der Waals surface area contributed by atoms with Crippen LogP contribution in [0.4, 0.5) is 9.59 Å². The van der Waals surface area contributed by atoms with Crippen molar-refractivity contribution in [2.24, 2.45) is 5.73 Å². The third-order valence-electron chi connectivity index (χ3n) is 8.14. The molecule has 0 fully saturated rings. The molecule has 0 spiro atoms. The third-order valence-corrected chi connectivity index (χ3v) is 10.6. The average Bonchev–Trinajstić information content (AvgIpc) is 3.15. The Hall–Kier alpha value is -4.78. The smallest absolute Gasteiger partial charge is 0.420 e. The van der Waals surface area contributed by atoms with Crippen molar-refractivity contribution in [2.75, 3.05) is 11.5 Å². The zero-order valence-corrected chi connectivity index (χ0v) is 34.8. The molecule has 298 valence electrons. The van der Waals surface area contributed by atoms with E-state index in [-0.39, 0.29) is 30.5 Å². The molecule has 2 N–H and O–H groups in total. The molecule has 12 heteroatoms. The van der Waals surface area contributed by atoms with Crippen LogP contribution < -0.4 is 5.73 Å². The van der Waals surface area contributed by atoms with Crippen LogP contribution in [0.25, 0.3) is 0 Å². The zero-order valence-electron chi connectivity index (χ0n) is 33.1. The SMILES string of the molecule is CC(C)(C)OC(=O)N(C(=O)OC(C)(C)C)[C@@H](CSSCC(N)C(=O)N(Cc1ccccc1)Cc1ccccc1)C(=O)N(Cc1ccccc1)Cc1ccccc1. The Morgan fingerprint density at radius 3 is 1.14 bits per heavy atom. The molecule has 0 saturated heterocycles. The van der Waals surface area contributed by atoms with E-state index in [9.17, 15) is 19.2 Å². The van der Waals surface area contributed by atoms with Crippen LogP contribution in [-0.2, 0) is 45.2 Å². The number of hydrogen-bond acceptors (Lipinski definition) is 9. The Morgan fingerprint density at radius 1 is 0.518 bits per heavy atom. The molecule has 4 rings (SSSR count). The van der Waals surface area contributed by atoms with Gasteiger partial charge >= 0.3 is 12.2 Å². The van der Waals surface area contributed by atoms with Gasteiger partial charge in [-0.15, -0.1) is 0 Å². The molecule has 0 aliphatic carbocycles. The van der Waals surface area contributed by atoms with E-state index in [2.05, 4.69) is 0 Å². The van der Waals surface area contributed by atoms with E-state index in [4.69, 9.17) is 15.2 Å². The van der Waals surface area contributed by atoms with Gasteiger partial charge in [-0.05, 0) is 63.8 Å². The van der Waals surface area contributed by atoms with E-state index in [1.54, 1.807) is 51.3 Å². The Balaban J connectivity index is 1.60. The number of ether oxygens (including phenoxy) is 2. The molecule has 0 aliphatic heterocycles. The largest absolute Gasteiger partial charge is 0.443 e. The molecular weight excluding hydrogens is 745 g/mol. The highest BCUT2D eigenvalue weighted by molar-refractivity contribution is 8.76. The third kappa shape index (κ3) is 14.7. The number of carbonyl (C=O) groups is 4. The second-order valence-electron chi connectivity index (χ2n) is 15.4. The molecule has 4 aromatic carbocycles. The van der Waals surface area contributed by atoms with Crippen LogP contribution in [-0.4, -0.2) is 73.5 Å². The summed E-state index contributed by atoms with van der Waals surface area (Å²) in [5.41, 5.74) is 8.32. The van der Waals surface area contributed by atoms with Gasteiger partial charge < -0.3 is 25.0 Å². The van der Waals surface area contributed by atoms with Gasteiger partial charge in [-0.2, -0.15) is 4.90 Å². The fourth-order valence-electron chi connectivity index (χ4n) is 5.60. The highest BCUT2D eigenvalue weighted by Gasteiger charge is 2.42. The van der Waals surface area contributed by atoms with Crippen molar-refractivity contribution < 1.29 is 28.7 Å². The lowest BCUT2D eigenvalue weighted by Crippen LogP contribution is -2.56. The van der Waals surface area contributed by atoms with Crippen LogP contribution in [0, 0.1) is 0 Å². The van der Waals surface area contributed by atoms with E-state index in [0.717, 1.165) is 27.2 Å². The highest BCUT2D eigenvalue weighted by atomic mass is 33.1. The second kappa shape index (κ2) is 20.9. The molecule has 0 radical (unpaired) electrons. The summed E-state index contributed by atoms with van der Waals surface area (Å²) in [5, 5.41) is 0. The minimum atomic E-state index is -1.33. The Bertz CT molecular complexity index is 1730. The summed E-state index contributed by atoms with van der Waals surface area (Å²) in [6, 6.07) is 36.3. The topological polar surface area (TPSA) is 122 Å². The fourth-order valence-corrected chi connectivity index (χ4v) is 7.90. The lowest BCUT2D eigenvalue weighted by Gasteiger charge is -2.35. The quantitative estimate of drug-likeness (QED) is 0.0877. The summed E-state index contributed by atoms with van der Waals surface area (Å²) >= 11 is 0. The fraction of sp³-hybridized carbons (Fsp3) is 0.364. The van der Waals surface area contributed by atoms with Crippen LogP contribution in [0.15, 0.2) is 121 Å². The molecule has 1 unspecified atom stereocenters. The minimum absolute atomic E-state index is 0.0271. The summed E-state index contributed by atoms with van der Waals surface area (Å²) < 4.78 is 11.4. The van der Waals surface area contributed by atoms with E-state index in [1.165, 1.54) is 21.6 Å². The van der Waals surface area contributed by atoms with Crippen LogP contribution in [0.2, 0.25) is 0 Å². The summed E-state index contributed by atoms with van der Waals surface area (Å²) in [6.07, 6.45) is -2.00. The Kier molecular flexibility index (Phi) is 16.4. The van der Waals surface area contributed by atoms with Crippen molar-refractivity contribution in [1.29, 1.82) is 0 Å². The van der Waals surface area contributed by atoms with Gasteiger partial charge in [-0.25, -0.2) is 9.59 Å². The van der Waals surface area contributed by atoms with E-state index < -0.39 is 41.4 Å². The molecule has 0 saturated carbocycles. The highest BCUT2D eigenvalue weighted by Crippen LogP contribution is 2.28. The first kappa shape index (κ1) is 43.9. The van der Waals surface area contributed by atoms with Crippen molar-refractivity contribution in [3.63, 3.8) is 0 Å². The van der Waals surface area contributed by atoms with E-state index in [1.807, 2.05) is 121 Å². The lowest BCUT2D eigenvalue weighted by molar-refractivity contribution is -0.137. The van der Waals surface area contributed by atoms with Gasteiger partial charge in [0, 0.05) is 37.7 Å². The first-order valence-electron chi connectivity index (χ1n) is 18.6. The summed E-state index contributed by atoms with van der Waals surface area (Å²) in [5.74, 6) is -0.513. The van der Waals surface area contributed by atoms with Crippen molar-refractivity contribution in [3.8, 4) is 0 Å². The van der Waals surface area contributed by atoms with Crippen molar-refractivity contribution >= 4 is 45.6 Å². The predicted octanol–water partition coefficient (Wildman–Crippen LogP) is 8.69.